The average molecular weight is 336 g/mol. The Kier molecular flexibility index (Phi) is 3.49. The smallest absolute Gasteiger partial charge is 0.215 e. The fourth-order valence-electron chi connectivity index (χ4n) is 3.77. The second-order valence-electron chi connectivity index (χ2n) is 6.39. The van der Waals surface area contributed by atoms with Crippen LogP contribution in [-0.2, 0) is 9.47 Å². The van der Waals surface area contributed by atoms with Crippen LogP contribution in [0, 0.1) is 56.2 Å². The minimum Gasteiger partial charge on any atom is -0.497 e. The zero-order chi connectivity index (χ0) is 18.5. The van der Waals surface area contributed by atoms with Gasteiger partial charge < -0.3 is 14.2 Å². The van der Waals surface area contributed by atoms with E-state index in [0.29, 0.717) is 11.3 Å². The molecule has 7 heteroatoms. The third-order valence-electron chi connectivity index (χ3n) is 5.39. The minimum atomic E-state index is -1.87. The maximum Gasteiger partial charge on any atom is 0.215 e. The number of nitriles is 3. The first-order valence-corrected chi connectivity index (χ1v) is 7.68. The number of hydrogen-bond donors (Lipinski definition) is 1. The van der Waals surface area contributed by atoms with Gasteiger partial charge in [-0.1, -0.05) is 19.1 Å². The summed E-state index contributed by atoms with van der Waals surface area (Å²) in [6.07, 6.45) is -1.01. The molecule has 1 aromatic rings. The van der Waals surface area contributed by atoms with Gasteiger partial charge in [-0.15, -0.1) is 0 Å². The molecule has 2 bridgehead atoms. The summed E-state index contributed by atoms with van der Waals surface area (Å²) in [7, 11) is 1.51. The van der Waals surface area contributed by atoms with Gasteiger partial charge in [-0.05, 0) is 17.7 Å². The number of hydrogen-bond acceptors (Lipinski definition) is 7. The highest BCUT2D eigenvalue weighted by Crippen LogP contribution is 2.66. The van der Waals surface area contributed by atoms with Gasteiger partial charge in [-0.3, -0.25) is 5.41 Å². The summed E-state index contributed by atoms with van der Waals surface area (Å²) in [4.78, 5) is 0. The molecule has 126 valence electrons. The molecule has 0 radical (unpaired) electrons. The molecule has 3 aliphatic rings. The van der Waals surface area contributed by atoms with Gasteiger partial charge in [0.25, 0.3) is 0 Å². The molecule has 3 heterocycles. The number of rotatable bonds is 2. The number of ether oxygens (including phenoxy) is 3. The van der Waals surface area contributed by atoms with E-state index in [4.69, 9.17) is 19.6 Å². The van der Waals surface area contributed by atoms with Gasteiger partial charge in [0.05, 0.1) is 31.2 Å². The van der Waals surface area contributed by atoms with Gasteiger partial charge in [0.1, 0.15) is 11.9 Å². The SMILES string of the molecule is COc1cccc([C@H]2O[C@@]3(C)OC(=N)[C@@]2(C#N)C(C#N)(C#N)[C@@H]3C)c1. The van der Waals surface area contributed by atoms with E-state index in [1.54, 1.807) is 38.1 Å². The zero-order valence-corrected chi connectivity index (χ0v) is 14.0. The van der Waals surface area contributed by atoms with E-state index < -0.39 is 34.5 Å². The highest BCUT2D eigenvalue weighted by molar-refractivity contribution is 5.88. The Morgan fingerprint density at radius 1 is 1.20 bits per heavy atom. The lowest BCUT2D eigenvalue weighted by molar-refractivity contribution is -0.338. The topological polar surface area (TPSA) is 123 Å². The van der Waals surface area contributed by atoms with Crippen molar-refractivity contribution in [2.75, 3.05) is 7.11 Å². The number of methoxy groups -OCH3 is 1. The molecule has 0 aliphatic carbocycles. The minimum absolute atomic E-state index is 0.419. The summed E-state index contributed by atoms with van der Waals surface area (Å²) in [6, 6.07) is 12.9. The molecule has 4 rings (SSSR count). The molecular formula is C18H16N4O3. The van der Waals surface area contributed by atoms with E-state index in [9.17, 15) is 15.8 Å². The normalized spacial score (nSPS) is 35.0. The van der Waals surface area contributed by atoms with Crippen molar-refractivity contribution in [1.82, 2.24) is 0 Å². The van der Waals surface area contributed by atoms with Gasteiger partial charge in [-0.25, -0.2) is 0 Å². The predicted octanol–water partition coefficient (Wildman–Crippen LogP) is 2.67. The van der Waals surface area contributed by atoms with E-state index in [-0.39, 0.29) is 0 Å². The Morgan fingerprint density at radius 2 is 1.88 bits per heavy atom. The molecule has 3 saturated heterocycles. The summed E-state index contributed by atoms with van der Waals surface area (Å²) < 4.78 is 16.8. The maximum absolute atomic E-state index is 10.0. The van der Waals surface area contributed by atoms with Crippen LogP contribution in [0.15, 0.2) is 24.3 Å². The molecule has 3 aliphatic heterocycles. The summed E-state index contributed by atoms with van der Waals surface area (Å²) in [5.74, 6) is -1.97. The van der Waals surface area contributed by atoms with Gasteiger partial charge in [0.2, 0.25) is 11.7 Å². The Hall–Kier alpha value is -3.08. The van der Waals surface area contributed by atoms with Crippen LogP contribution < -0.4 is 4.74 Å². The van der Waals surface area contributed by atoms with Crippen LogP contribution in [0.5, 0.6) is 5.75 Å². The molecular weight excluding hydrogens is 320 g/mol. The second-order valence-corrected chi connectivity index (χ2v) is 6.39. The van der Waals surface area contributed by atoms with Crippen LogP contribution in [0.3, 0.4) is 0 Å². The van der Waals surface area contributed by atoms with Crippen LogP contribution in [0.2, 0.25) is 0 Å². The Morgan fingerprint density at radius 3 is 2.44 bits per heavy atom. The molecule has 0 aromatic heterocycles. The first kappa shape index (κ1) is 16.8. The van der Waals surface area contributed by atoms with Crippen molar-refractivity contribution < 1.29 is 14.2 Å². The maximum atomic E-state index is 10.0. The predicted molar refractivity (Wildman–Crippen MR) is 84.9 cm³/mol. The molecule has 3 fully saturated rings. The number of nitrogens with one attached hydrogen (secondary N) is 1. The molecule has 0 amide bonds. The van der Waals surface area contributed by atoms with Crippen molar-refractivity contribution in [2.45, 2.75) is 25.7 Å². The number of benzene rings is 1. The second kappa shape index (κ2) is 5.21. The van der Waals surface area contributed by atoms with Crippen molar-refractivity contribution in [3.63, 3.8) is 0 Å². The van der Waals surface area contributed by atoms with E-state index in [1.807, 2.05) is 18.2 Å². The van der Waals surface area contributed by atoms with Crippen molar-refractivity contribution in [3.8, 4) is 24.0 Å². The van der Waals surface area contributed by atoms with Crippen LogP contribution in [0.4, 0.5) is 0 Å². The molecule has 0 unspecified atom stereocenters. The molecule has 0 saturated carbocycles. The fourth-order valence-corrected chi connectivity index (χ4v) is 3.77. The molecule has 4 atom stereocenters. The third kappa shape index (κ3) is 1.78. The lowest BCUT2D eigenvalue weighted by Gasteiger charge is -2.60. The Labute approximate surface area is 145 Å². The molecule has 1 N–H and O–H groups in total. The van der Waals surface area contributed by atoms with Crippen molar-refractivity contribution in [3.05, 3.63) is 29.8 Å². The average Bonchev–Trinajstić information content (AvgIpc) is 2.63. The van der Waals surface area contributed by atoms with E-state index in [0.717, 1.165) is 0 Å². The van der Waals surface area contributed by atoms with Crippen LogP contribution in [0.1, 0.15) is 25.5 Å². The highest BCUT2D eigenvalue weighted by atomic mass is 16.7. The van der Waals surface area contributed by atoms with Gasteiger partial charge in [-0.2, -0.15) is 15.8 Å². The molecule has 1 aromatic carbocycles. The first-order valence-electron chi connectivity index (χ1n) is 7.68. The van der Waals surface area contributed by atoms with Gasteiger partial charge >= 0.3 is 0 Å². The summed E-state index contributed by atoms with van der Waals surface area (Å²) in [6.45, 7) is 3.22. The quantitative estimate of drug-likeness (QED) is 0.885. The number of nitrogens with zero attached hydrogens (tertiary/aromatic N) is 3. The van der Waals surface area contributed by atoms with E-state index in [1.165, 1.54) is 7.11 Å². The van der Waals surface area contributed by atoms with E-state index >= 15 is 0 Å². The standard InChI is InChI=1S/C18H16N4O3/c1-11-16(2)24-14(12-5-4-6-13(7-12)23-3)18(10-21,15(22)25-16)17(11,8-19)9-20/h4-7,11,14,22H,1-3H3/t11-,14-,16+,18+/m1/s1. The summed E-state index contributed by atoms with van der Waals surface area (Å²) in [5.41, 5.74) is -3.11. The Bertz CT molecular complexity index is 864. The molecule has 0 spiro atoms. The first-order chi connectivity index (χ1) is 11.8. The van der Waals surface area contributed by atoms with Crippen LogP contribution in [-0.4, -0.2) is 18.8 Å². The van der Waals surface area contributed by atoms with Crippen LogP contribution in [0.25, 0.3) is 0 Å². The largest absolute Gasteiger partial charge is 0.497 e. The van der Waals surface area contributed by atoms with Gasteiger partial charge in [0.15, 0.2) is 10.8 Å². The fraction of sp³-hybridized carbons (Fsp3) is 0.444. The van der Waals surface area contributed by atoms with Crippen molar-refractivity contribution >= 4 is 5.90 Å². The molecule has 25 heavy (non-hydrogen) atoms. The monoisotopic (exact) mass is 336 g/mol. The number of fused-ring (bicyclic) bond motifs is 3. The summed E-state index contributed by atoms with van der Waals surface area (Å²) in [5, 5.41) is 38.1. The highest BCUT2D eigenvalue weighted by Gasteiger charge is 2.78. The summed E-state index contributed by atoms with van der Waals surface area (Å²) >= 11 is 0. The zero-order valence-electron chi connectivity index (χ0n) is 14.0. The van der Waals surface area contributed by atoms with E-state index in [2.05, 4.69) is 0 Å². The van der Waals surface area contributed by atoms with Crippen molar-refractivity contribution in [2.24, 2.45) is 16.7 Å². The third-order valence-corrected chi connectivity index (χ3v) is 5.39. The van der Waals surface area contributed by atoms with Gasteiger partial charge in [0, 0.05) is 6.92 Å². The molecule has 7 nitrogen and oxygen atoms in total. The van der Waals surface area contributed by atoms with Crippen LogP contribution >= 0.6 is 0 Å². The van der Waals surface area contributed by atoms with Crippen molar-refractivity contribution in [1.29, 1.82) is 21.2 Å². The lowest BCUT2D eigenvalue weighted by atomic mass is 9.51. The lowest BCUT2D eigenvalue weighted by Crippen LogP contribution is -2.71. The Balaban J connectivity index is 2.32.